The summed E-state index contributed by atoms with van der Waals surface area (Å²) in [6, 6.07) is 19.3. The fraction of sp³-hybridized carbons (Fsp3) is 0.238. The minimum absolute atomic E-state index is 0.0367. The summed E-state index contributed by atoms with van der Waals surface area (Å²) in [7, 11) is 0. The van der Waals surface area contributed by atoms with Crippen LogP contribution in [0, 0.1) is 6.92 Å². The first-order valence-electron chi connectivity index (χ1n) is 8.68. The molecular weight excluding hydrogens is 328 g/mol. The van der Waals surface area contributed by atoms with Crippen molar-refractivity contribution in [3.05, 3.63) is 72.1 Å². The smallest absolute Gasteiger partial charge is 0.226 e. The first kappa shape index (κ1) is 17.7. The lowest BCUT2D eigenvalue weighted by Crippen LogP contribution is -2.27. The van der Waals surface area contributed by atoms with E-state index in [1.807, 2.05) is 67.6 Å². The van der Waals surface area contributed by atoms with E-state index in [0.29, 0.717) is 31.9 Å². The van der Waals surface area contributed by atoms with Crippen LogP contribution in [-0.2, 0) is 11.2 Å². The Labute approximate surface area is 153 Å². The third kappa shape index (κ3) is 4.96. The molecule has 1 N–H and O–H groups in total. The summed E-state index contributed by atoms with van der Waals surface area (Å²) < 4.78 is 11.3. The molecule has 1 amide bonds. The maximum absolute atomic E-state index is 11.9. The molecule has 26 heavy (non-hydrogen) atoms. The third-order valence-corrected chi connectivity index (χ3v) is 3.94. The normalized spacial score (nSPS) is 10.5. The van der Waals surface area contributed by atoms with Crippen LogP contribution in [0.25, 0.3) is 11.5 Å². The van der Waals surface area contributed by atoms with Gasteiger partial charge in [0.15, 0.2) is 0 Å². The molecule has 1 aromatic heterocycles. The van der Waals surface area contributed by atoms with Gasteiger partial charge in [-0.2, -0.15) is 0 Å². The number of oxazole rings is 1. The first-order valence-corrected chi connectivity index (χ1v) is 8.68. The molecule has 0 atom stereocenters. The standard InChI is InChI=1S/C21H22N2O3/c1-16-19(23-21(26-16)17-8-4-2-5-9-17)12-14-22-20(24)13-15-25-18-10-6-3-7-11-18/h2-11H,12-15H2,1H3,(H,22,24). The molecule has 0 radical (unpaired) electrons. The number of carbonyl (C=O) groups excluding carboxylic acids is 1. The maximum atomic E-state index is 11.9. The van der Waals surface area contributed by atoms with Crippen molar-refractivity contribution in [3.63, 3.8) is 0 Å². The molecule has 5 heteroatoms. The highest BCUT2D eigenvalue weighted by Crippen LogP contribution is 2.21. The summed E-state index contributed by atoms with van der Waals surface area (Å²) >= 11 is 0. The molecule has 0 unspecified atom stereocenters. The van der Waals surface area contributed by atoms with Gasteiger partial charge in [-0.25, -0.2) is 4.98 Å². The lowest BCUT2D eigenvalue weighted by molar-refractivity contribution is -0.121. The number of carbonyl (C=O) groups is 1. The van der Waals surface area contributed by atoms with Gasteiger partial charge in [-0.3, -0.25) is 4.79 Å². The maximum Gasteiger partial charge on any atom is 0.226 e. The number of aromatic nitrogens is 1. The molecule has 134 valence electrons. The number of hydrogen-bond donors (Lipinski definition) is 1. The van der Waals surface area contributed by atoms with Gasteiger partial charge in [0.1, 0.15) is 11.5 Å². The molecular formula is C21H22N2O3. The predicted molar refractivity (Wildman–Crippen MR) is 99.9 cm³/mol. The molecule has 0 saturated heterocycles. The number of nitrogens with one attached hydrogen (secondary N) is 1. The average molecular weight is 350 g/mol. The lowest BCUT2D eigenvalue weighted by atomic mass is 10.2. The van der Waals surface area contributed by atoms with Crippen LogP contribution in [0.1, 0.15) is 17.9 Å². The summed E-state index contributed by atoms with van der Waals surface area (Å²) in [5.41, 5.74) is 1.81. The monoisotopic (exact) mass is 350 g/mol. The van der Waals surface area contributed by atoms with Crippen molar-refractivity contribution in [1.82, 2.24) is 10.3 Å². The zero-order valence-corrected chi connectivity index (χ0v) is 14.8. The fourth-order valence-electron chi connectivity index (χ4n) is 2.55. The zero-order valence-electron chi connectivity index (χ0n) is 14.8. The van der Waals surface area contributed by atoms with E-state index in [1.54, 1.807) is 0 Å². The molecule has 3 rings (SSSR count). The third-order valence-electron chi connectivity index (χ3n) is 3.94. The van der Waals surface area contributed by atoms with Crippen molar-refractivity contribution in [1.29, 1.82) is 0 Å². The van der Waals surface area contributed by atoms with E-state index in [4.69, 9.17) is 9.15 Å². The van der Waals surface area contributed by atoms with E-state index < -0.39 is 0 Å². The Kier molecular flexibility index (Phi) is 6.04. The van der Waals surface area contributed by atoms with Gasteiger partial charge in [-0.1, -0.05) is 36.4 Å². The molecule has 0 fully saturated rings. The van der Waals surface area contributed by atoms with Crippen LogP contribution < -0.4 is 10.1 Å². The Morgan fingerprint density at radius 1 is 1.08 bits per heavy atom. The molecule has 5 nitrogen and oxygen atoms in total. The lowest BCUT2D eigenvalue weighted by Gasteiger charge is -2.06. The zero-order chi connectivity index (χ0) is 18.2. The van der Waals surface area contributed by atoms with Crippen molar-refractivity contribution >= 4 is 5.91 Å². The second-order valence-corrected chi connectivity index (χ2v) is 5.90. The number of hydrogen-bond acceptors (Lipinski definition) is 4. The Balaban J connectivity index is 1.42. The molecule has 0 aliphatic rings. The molecule has 2 aromatic carbocycles. The number of para-hydroxylation sites is 1. The summed E-state index contributed by atoms with van der Waals surface area (Å²) in [4.78, 5) is 16.4. The Morgan fingerprint density at radius 2 is 1.77 bits per heavy atom. The summed E-state index contributed by atoms with van der Waals surface area (Å²) in [5.74, 6) is 2.13. The van der Waals surface area contributed by atoms with Gasteiger partial charge >= 0.3 is 0 Å². The predicted octanol–water partition coefficient (Wildman–Crippen LogP) is 3.78. The van der Waals surface area contributed by atoms with Crippen molar-refractivity contribution in [3.8, 4) is 17.2 Å². The van der Waals surface area contributed by atoms with Crippen molar-refractivity contribution in [2.45, 2.75) is 19.8 Å². The Bertz CT molecular complexity index is 829. The number of amides is 1. The van der Waals surface area contributed by atoms with Gasteiger partial charge < -0.3 is 14.5 Å². The van der Waals surface area contributed by atoms with Crippen LogP contribution in [0.4, 0.5) is 0 Å². The molecule has 0 spiro atoms. The summed E-state index contributed by atoms with van der Waals surface area (Å²) in [6.45, 7) is 2.77. The Morgan fingerprint density at radius 3 is 2.50 bits per heavy atom. The largest absolute Gasteiger partial charge is 0.493 e. The van der Waals surface area contributed by atoms with Gasteiger partial charge in [0.05, 0.1) is 18.7 Å². The van der Waals surface area contributed by atoms with Crippen LogP contribution in [0.15, 0.2) is 65.1 Å². The highest BCUT2D eigenvalue weighted by molar-refractivity contribution is 5.76. The van der Waals surface area contributed by atoms with E-state index in [2.05, 4.69) is 10.3 Å². The number of ether oxygens (including phenoxy) is 1. The van der Waals surface area contributed by atoms with Crippen molar-refractivity contribution in [2.75, 3.05) is 13.2 Å². The van der Waals surface area contributed by atoms with Gasteiger partial charge in [-0.15, -0.1) is 0 Å². The average Bonchev–Trinajstić information content (AvgIpc) is 3.04. The summed E-state index contributed by atoms with van der Waals surface area (Å²) in [6.07, 6.45) is 0.954. The number of rotatable bonds is 8. The topological polar surface area (TPSA) is 64.4 Å². The number of benzene rings is 2. The van der Waals surface area contributed by atoms with Gasteiger partial charge in [-0.05, 0) is 31.2 Å². The van der Waals surface area contributed by atoms with Crippen LogP contribution in [0.2, 0.25) is 0 Å². The second-order valence-electron chi connectivity index (χ2n) is 5.90. The van der Waals surface area contributed by atoms with E-state index >= 15 is 0 Å². The van der Waals surface area contributed by atoms with E-state index in [-0.39, 0.29) is 5.91 Å². The SMILES string of the molecule is Cc1oc(-c2ccccc2)nc1CCNC(=O)CCOc1ccccc1. The minimum Gasteiger partial charge on any atom is -0.493 e. The molecule has 0 aliphatic heterocycles. The van der Waals surface area contributed by atoms with Crippen molar-refractivity contribution in [2.24, 2.45) is 0 Å². The van der Waals surface area contributed by atoms with E-state index in [9.17, 15) is 4.79 Å². The van der Waals surface area contributed by atoms with Gasteiger partial charge in [0.25, 0.3) is 0 Å². The van der Waals surface area contributed by atoms with Crippen molar-refractivity contribution < 1.29 is 13.9 Å². The quantitative estimate of drug-likeness (QED) is 0.671. The van der Waals surface area contributed by atoms with Crippen LogP contribution in [0.5, 0.6) is 5.75 Å². The molecule has 0 saturated carbocycles. The minimum atomic E-state index is -0.0367. The van der Waals surface area contributed by atoms with Crippen LogP contribution in [-0.4, -0.2) is 24.0 Å². The van der Waals surface area contributed by atoms with Gasteiger partial charge in [0, 0.05) is 18.5 Å². The molecule has 1 heterocycles. The molecule has 3 aromatic rings. The van der Waals surface area contributed by atoms with E-state index in [0.717, 1.165) is 22.8 Å². The Hall–Kier alpha value is -3.08. The van der Waals surface area contributed by atoms with Crippen LogP contribution in [0.3, 0.4) is 0 Å². The fourth-order valence-corrected chi connectivity index (χ4v) is 2.55. The second kappa shape index (κ2) is 8.85. The van der Waals surface area contributed by atoms with Gasteiger partial charge in [0.2, 0.25) is 11.8 Å². The molecule has 0 aliphatic carbocycles. The van der Waals surface area contributed by atoms with E-state index in [1.165, 1.54) is 0 Å². The highest BCUT2D eigenvalue weighted by Gasteiger charge is 2.11. The van der Waals surface area contributed by atoms with Crippen LogP contribution >= 0.6 is 0 Å². The number of aryl methyl sites for hydroxylation is 1. The highest BCUT2D eigenvalue weighted by atomic mass is 16.5. The number of nitrogens with zero attached hydrogens (tertiary/aromatic N) is 1. The first-order chi connectivity index (χ1) is 12.7. The summed E-state index contributed by atoms with van der Waals surface area (Å²) in [5, 5.41) is 2.89. The molecule has 0 bridgehead atoms.